The highest BCUT2D eigenvalue weighted by Crippen LogP contribution is 2.25. The van der Waals surface area contributed by atoms with Crippen molar-refractivity contribution in [1.29, 1.82) is 0 Å². The number of likely N-dealkylation sites (tertiary alicyclic amines) is 1. The van der Waals surface area contributed by atoms with E-state index in [1.807, 2.05) is 0 Å². The highest BCUT2D eigenvalue weighted by atomic mass is 15.3. The molecule has 1 nitrogen and oxygen atoms in total. The molecule has 54 valence electrons. The van der Waals surface area contributed by atoms with Gasteiger partial charge < -0.3 is 4.48 Å². The van der Waals surface area contributed by atoms with E-state index in [-0.39, 0.29) is 0 Å². The van der Waals surface area contributed by atoms with Gasteiger partial charge in [-0.05, 0) is 0 Å². The van der Waals surface area contributed by atoms with Crippen LogP contribution in [0.15, 0.2) is 0 Å². The van der Waals surface area contributed by atoms with Crippen molar-refractivity contribution in [3.8, 4) is 0 Å². The maximum atomic E-state index is 2.36. The van der Waals surface area contributed by atoms with Crippen molar-refractivity contribution in [2.75, 3.05) is 27.2 Å². The first-order chi connectivity index (χ1) is 4.01. The van der Waals surface area contributed by atoms with Crippen molar-refractivity contribution in [3.05, 3.63) is 0 Å². The minimum Gasteiger partial charge on any atom is -0.328 e. The summed E-state index contributed by atoms with van der Waals surface area (Å²) in [5, 5.41) is 0. The fraction of sp³-hybridized carbons (Fsp3) is 1.00. The molecule has 0 aromatic carbocycles. The zero-order valence-electron chi connectivity index (χ0n) is 7.02. The molecule has 0 aromatic heterocycles. The van der Waals surface area contributed by atoms with E-state index >= 15 is 0 Å². The van der Waals surface area contributed by atoms with Crippen LogP contribution in [0.2, 0.25) is 0 Å². The molecule has 0 N–H and O–H groups in total. The van der Waals surface area contributed by atoms with Crippen LogP contribution in [0.4, 0.5) is 0 Å². The Morgan fingerprint density at radius 2 is 1.33 bits per heavy atom. The summed E-state index contributed by atoms with van der Waals surface area (Å²) in [5.41, 5.74) is 0. The Bertz CT molecular complexity index is 95.1. The maximum absolute atomic E-state index is 2.36. The Hall–Kier alpha value is -0.0400. The topological polar surface area (TPSA) is 0 Å². The molecule has 0 aliphatic carbocycles. The minimum absolute atomic E-state index is 0.931. The number of rotatable bonds is 0. The van der Waals surface area contributed by atoms with Gasteiger partial charge in [-0.3, -0.25) is 0 Å². The number of hydrogen-bond donors (Lipinski definition) is 0. The second-order valence-corrected chi connectivity index (χ2v) is 4.26. The lowest BCUT2D eigenvalue weighted by Crippen LogP contribution is -2.36. The Balaban J connectivity index is 2.54. The van der Waals surface area contributed by atoms with Crippen LogP contribution in [-0.2, 0) is 0 Å². The SMILES string of the molecule is C[C@@H]1C[N+](C)(C)C[C@@H]1C. The van der Waals surface area contributed by atoms with E-state index in [0.717, 1.165) is 11.8 Å². The molecule has 1 aliphatic heterocycles. The van der Waals surface area contributed by atoms with Gasteiger partial charge in [0.05, 0.1) is 27.2 Å². The van der Waals surface area contributed by atoms with Gasteiger partial charge in [0.1, 0.15) is 0 Å². The van der Waals surface area contributed by atoms with Gasteiger partial charge in [-0.2, -0.15) is 0 Å². The average Bonchev–Trinajstić information content (AvgIpc) is 1.79. The molecule has 1 aliphatic rings. The molecular formula is C8H18N+. The normalized spacial score (nSPS) is 41.3. The monoisotopic (exact) mass is 128 g/mol. The molecule has 0 spiro atoms. The number of hydrogen-bond acceptors (Lipinski definition) is 0. The van der Waals surface area contributed by atoms with Gasteiger partial charge in [-0.15, -0.1) is 0 Å². The van der Waals surface area contributed by atoms with E-state index in [9.17, 15) is 0 Å². The van der Waals surface area contributed by atoms with Crippen molar-refractivity contribution in [1.82, 2.24) is 0 Å². The molecule has 0 unspecified atom stereocenters. The van der Waals surface area contributed by atoms with E-state index in [1.165, 1.54) is 17.6 Å². The zero-order valence-corrected chi connectivity index (χ0v) is 7.02. The molecule has 0 aromatic rings. The van der Waals surface area contributed by atoms with Gasteiger partial charge in [0.2, 0.25) is 0 Å². The Kier molecular flexibility index (Phi) is 1.55. The summed E-state index contributed by atoms with van der Waals surface area (Å²) >= 11 is 0. The molecule has 0 saturated carbocycles. The predicted octanol–water partition coefficient (Wildman–Crippen LogP) is 1.35. The second-order valence-electron chi connectivity index (χ2n) is 4.26. The van der Waals surface area contributed by atoms with E-state index in [0.29, 0.717) is 0 Å². The standard InChI is InChI=1S/C8H18N/c1-7-5-9(3,4)6-8(7)2/h7-8H,5-6H2,1-4H3/q+1/t7-,8+. The highest BCUT2D eigenvalue weighted by molar-refractivity contribution is 4.66. The van der Waals surface area contributed by atoms with Crippen LogP contribution in [0.5, 0.6) is 0 Å². The minimum atomic E-state index is 0.931. The molecule has 9 heavy (non-hydrogen) atoms. The van der Waals surface area contributed by atoms with Crippen molar-refractivity contribution in [2.24, 2.45) is 11.8 Å². The predicted molar refractivity (Wildman–Crippen MR) is 40.2 cm³/mol. The Morgan fingerprint density at radius 3 is 1.44 bits per heavy atom. The van der Waals surface area contributed by atoms with Crippen LogP contribution in [0.3, 0.4) is 0 Å². The maximum Gasteiger partial charge on any atom is 0.0813 e. The van der Waals surface area contributed by atoms with Gasteiger partial charge >= 0.3 is 0 Å². The molecule has 1 rings (SSSR count). The number of quaternary nitrogens is 1. The van der Waals surface area contributed by atoms with E-state index in [2.05, 4.69) is 27.9 Å². The summed E-state index contributed by atoms with van der Waals surface area (Å²) in [6, 6.07) is 0. The molecule has 1 heteroatoms. The fourth-order valence-corrected chi connectivity index (χ4v) is 1.99. The lowest BCUT2D eigenvalue weighted by molar-refractivity contribution is -0.880. The Morgan fingerprint density at radius 1 is 1.00 bits per heavy atom. The highest BCUT2D eigenvalue weighted by Gasteiger charge is 2.33. The van der Waals surface area contributed by atoms with Crippen LogP contribution in [-0.4, -0.2) is 31.7 Å². The number of nitrogens with zero attached hydrogens (tertiary/aromatic N) is 1. The molecule has 2 atom stereocenters. The van der Waals surface area contributed by atoms with Crippen molar-refractivity contribution in [2.45, 2.75) is 13.8 Å². The molecule has 0 radical (unpaired) electrons. The van der Waals surface area contributed by atoms with E-state index in [4.69, 9.17) is 0 Å². The van der Waals surface area contributed by atoms with Crippen molar-refractivity contribution in [3.63, 3.8) is 0 Å². The van der Waals surface area contributed by atoms with Crippen LogP contribution in [0, 0.1) is 11.8 Å². The second kappa shape index (κ2) is 1.98. The van der Waals surface area contributed by atoms with Gasteiger partial charge in [0, 0.05) is 11.8 Å². The lowest BCUT2D eigenvalue weighted by atomic mass is 10.0. The third kappa shape index (κ3) is 1.45. The first kappa shape index (κ1) is 7.07. The van der Waals surface area contributed by atoms with Crippen LogP contribution in [0.25, 0.3) is 0 Å². The summed E-state index contributed by atoms with van der Waals surface area (Å²) in [5.74, 6) is 1.86. The summed E-state index contributed by atoms with van der Waals surface area (Å²) in [6.07, 6.45) is 0. The van der Waals surface area contributed by atoms with Gasteiger partial charge in [-0.1, -0.05) is 13.8 Å². The first-order valence-electron chi connectivity index (χ1n) is 3.83. The summed E-state index contributed by atoms with van der Waals surface area (Å²) in [7, 11) is 4.64. The fourth-order valence-electron chi connectivity index (χ4n) is 1.99. The summed E-state index contributed by atoms with van der Waals surface area (Å²) < 4.78 is 1.22. The Labute approximate surface area is 58.3 Å². The molecule has 1 heterocycles. The molecule has 1 fully saturated rings. The summed E-state index contributed by atoms with van der Waals surface area (Å²) in [6.45, 7) is 7.44. The van der Waals surface area contributed by atoms with Gasteiger partial charge in [0.25, 0.3) is 0 Å². The van der Waals surface area contributed by atoms with Gasteiger partial charge in [0.15, 0.2) is 0 Å². The third-order valence-corrected chi connectivity index (χ3v) is 2.54. The molecule has 0 amide bonds. The lowest BCUT2D eigenvalue weighted by Gasteiger charge is -2.23. The largest absolute Gasteiger partial charge is 0.328 e. The van der Waals surface area contributed by atoms with E-state index < -0.39 is 0 Å². The first-order valence-corrected chi connectivity index (χ1v) is 3.83. The van der Waals surface area contributed by atoms with Crippen LogP contribution >= 0.6 is 0 Å². The zero-order chi connectivity index (χ0) is 7.07. The molecule has 1 saturated heterocycles. The average molecular weight is 128 g/mol. The van der Waals surface area contributed by atoms with Crippen LogP contribution < -0.4 is 0 Å². The van der Waals surface area contributed by atoms with E-state index in [1.54, 1.807) is 0 Å². The van der Waals surface area contributed by atoms with Crippen molar-refractivity contribution >= 4 is 0 Å². The van der Waals surface area contributed by atoms with Gasteiger partial charge in [-0.25, -0.2) is 0 Å². The third-order valence-electron chi connectivity index (χ3n) is 2.54. The van der Waals surface area contributed by atoms with Crippen LogP contribution in [0.1, 0.15) is 13.8 Å². The van der Waals surface area contributed by atoms with Crippen molar-refractivity contribution < 1.29 is 4.48 Å². The molecule has 0 bridgehead atoms. The quantitative estimate of drug-likeness (QED) is 0.432. The summed E-state index contributed by atoms with van der Waals surface area (Å²) in [4.78, 5) is 0. The molecular weight excluding hydrogens is 110 g/mol. The smallest absolute Gasteiger partial charge is 0.0813 e.